The maximum Gasteiger partial charge on any atom is 0.127 e. The number of likely N-dealkylation sites (tertiary alicyclic amines) is 1. The van der Waals surface area contributed by atoms with Crippen LogP contribution in [0.15, 0.2) is 24.3 Å². The lowest BCUT2D eigenvalue weighted by atomic mass is 10.00. The summed E-state index contributed by atoms with van der Waals surface area (Å²) in [4.78, 5) is 2.11. The van der Waals surface area contributed by atoms with Crippen molar-refractivity contribution in [3.63, 3.8) is 0 Å². The third-order valence-electron chi connectivity index (χ3n) is 3.16. The molecule has 3 heteroatoms. The van der Waals surface area contributed by atoms with Crippen molar-refractivity contribution in [2.24, 2.45) is 5.92 Å². The van der Waals surface area contributed by atoms with E-state index in [0.717, 1.165) is 18.5 Å². The van der Waals surface area contributed by atoms with Crippen LogP contribution in [0.25, 0.3) is 0 Å². The molecule has 0 unspecified atom stereocenters. The number of benzene rings is 1. The van der Waals surface area contributed by atoms with Crippen molar-refractivity contribution in [2.45, 2.75) is 12.5 Å². The minimum Gasteiger partial charge on any atom is -0.396 e. The van der Waals surface area contributed by atoms with Gasteiger partial charge in [-0.2, -0.15) is 0 Å². The van der Waals surface area contributed by atoms with Gasteiger partial charge in [0, 0.05) is 24.8 Å². The Labute approximate surface area is 89.3 Å². The molecule has 1 N–H and O–H groups in total. The van der Waals surface area contributed by atoms with Crippen LogP contribution in [0.2, 0.25) is 0 Å². The number of aliphatic hydroxyl groups excluding tert-OH is 1. The Bertz CT molecular complexity index is 342. The molecule has 1 aromatic rings. The summed E-state index contributed by atoms with van der Waals surface area (Å²) >= 11 is 0. The number of hydrogen-bond acceptors (Lipinski definition) is 2. The van der Waals surface area contributed by atoms with Gasteiger partial charge in [0.1, 0.15) is 5.82 Å². The highest BCUT2D eigenvalue weighted by Gasteiger charge is 2.31. The van der Waals surface area contributed by atoms with Crippen LogP contribution in [0.1, 0.15) is 18.0 Å². The lowest BCUT2D eigenvalue weighted by Gasteiger charge is -2.19. The highest BCUT2D eigenvalue weighted by Crippen LogP contribution is 2.34. The molecule has 0 aromatic heterocycles. The first-order valence-corrected chi connectivity index (χ1v) is 5.28. The van der Waals surface area contributed by atoms with E-state index < -0.39 is 0 Å². The van der Waals surface area contributed by atoms with Gasteiger partial charge in [-0.25, -0.2) is 4.39 Å². The van der Waals surface area contributed by atoms with Crippen molar-refractivity contribution >= 4 is 0 Å². The minimum absolute atomic E-state index is 0.114. The molecule has 1 aliphatic rings. The first-order chi connectivity index (χ1) is 7.22. The van der Waals surface area contributed by atoms with Gasteiger partial charge in [0.05, 0.1) is 0 Å². The summed E-state index contributed by atoms with van der Waals surface area (Å²) in [5.74, 6) is 0.132. The average Bonchev–Trinajstić information content (AvgIpc) is 2.60. The zero-order valence-electron chi connectivity index (χ0n) is 8.86. The van der Waals surface area contributed by atoms with E-state index in [4.69, 9.17) is 5.11 Å². The summed E-state index contributed by atoms with van der Waals surface area (Å²) in [6.07, 6.45) is 0.841. The van der Waals surface area contributed by atoms with Gasteiger partial charge in [-0.15, -0.1) is 0 Å². The van der Waals surface area contributed by atoms with Crippen LogP contribution in [-0.4, -0.2) is 30.2 Å². The highest BCUT2D eigenvalue weighted by molar-refractivity contribution is 5.22. The highest BCUT2D eigenvalue weighted by atomic mass is 19.1. The van der Waals surface area contributed by atoms with Crippen molar-refractivity contribution in [2.75, 3.05) is 20.2 Å². The largest absolute Gasteiger partial charge is 0.396 e. The minimum atomic E-state index is -0.145. The van der Waals surface area contributed by atoms with Crippen LogP contribution in [0.3, 0.4) is 0 Å². The number of aliphatic hydroxyl groups is 1. The lowest BCUT2D eigenvalue weighted by Crippen LogP contribution is -2.19. The number of rotatable bonds is 2. The van der Waals surface area contributed by atoms with Gasteiger partial charge in [-0.3, -0.25) is 4.90 Å². The molecule has 0 bridgehead atoms. The summed E-state index contributed by atoms with van der Waals surface area (Å²) in [5, 5.41) is 9.10. The third kappa shape index (κ3) is 2.03. The van der Waals surface area contributed by atoms with Crippen LogP contribution in [-0.2, 0) is 0 Å². The van der Waals surface area contributed by atoms with E-state index in [-0.39, 0.29) is 24.4 Å². The predicted octanol–water partition coefficient (Wildman–Crippen LogP) is 1.81. The number of hydrogen-bond donors (Lipinski definition) is 1. The van der Waals surface area contributed by atoms with Crippen molar-refractivity contribution < 1.29 is 9.50 Å². The Kier molecular flexibility index (Phi) is 3.03. The van der Waals surface area contributed by atoms with Crippen LogP contribution < -0.4 is 0 Å². The van der Waals surface area contributed by atoms with Gasteiger partial charge in [-0.1, -0.05) is 18.2 Å². The first kappa shape index (κ1) is 10.6. The molecular weight excluding hydrogens is 193 g/mol. The molecule has 15 heavy (non-hydrogen) atoms. The molecule has 0 amide bonds. The van der Waals surface area contributed by atoms with Crippen LogP contribution in [0.5, 0.6) is 0 Å². The second kappa shape index (κ2) is 4.29. The maximum atomic E-state index is 13.6. The molecule has 0 aliphatic carbocycles. The second-order valence-corrected chi connectivity index (χ2v) is 4.26. The maximum absolute atomic E-state index is 13.6. The average molecular weight is 209 g/mol. The SMILES string of the molecule is CN1C[C@@H](CO)C[C@@H]1c1ccccc1F. The fourth-order valence-corrected chi connectivity index (χ4v) is 2.35. The van der Waals surface area contributed by atoms with Crippen LogP contribution in [0, 0.1) is 11.7 Å². The zero-order chi connectivity index (χ0) is 10.8. The van der Waals surface area contributed by atoms with Gasteiger partial charge in [0.25, 0.3) is 0 Å². The molecule has 1 saturated heterocycles. The van der Waals surface area contributed by atoms with Gasteiger partial charge >= 0.3 is 0 Å². The van der Waals surface area contributed by atoms with E-state index in [1.165, 1.54) is 6.07 Å². The van der Waals surface area contributed by atoms with Crippen molar-refractivity contribution in [1.82, 2.24) is 4.90 Å². The molecule has 2 nitrogen and oxygen atoms in total. The monoisotopic (exact) mass is 209 g/mol. The molecule has 1 aliphatic heterocycles. The smallest absolute Gasteiger partial charge is 0.127 e. The van der Waals surface area contributed by atoms with E-state index >= 15 is 0 Å². The number of nitrogens with zero attached hydrogens (tertiary/aromatic N) is 1. The lowest BCUT2D eigenvalue weighted by molar-refractivity contribution is 0.227. The Hall–Kier alpha value is -0.930. The summed E-state index contributed by atoms with van der Waals surface area (Å²) in [7, 11) is 1.98. The quantitative estimate of drug-likeness (QED) is 0.803. The Morgan fingerprint density at radius 1 is 1.47 bits per heavy atom. The molecule has 82 valence electrons. The fraction of sp³-hybridized carbons (Fsp3) is 0.500. The summed E-state index contributed by atoms with van der Waals surface area (Å²) in [6, 6.07) is 7.00. The third-order valence-corrected chi connectivity index (χ3v) is 3.16. The molecule has 1 fully saturated rings. The summed E-state index contributed by atoms with van der Waals surface area (Å²) in [5.41, 5.74) is 0.746. The predicted molar refractivity (Wildman–Crippen MR) is 57.0 cm³/mol. The molecule has 1 aromatic carbocycles. The Morgan fingerprint density at radius 2 is 2.20 bits per heavy atom. The van der Waals surface area contributed by atoms with E-state index in [9.17, 15) is 4.39 Å². The van der Waals surface area contributed by atoms with Crippen molar-refractivity contribution in [3.05, 3.63) is 35.6 Å². The number of halogens is 1. The Morgan fingerprint density at radius 3 is 2.80 bits per heavy atom. The van der Waals surface area contributed by atoms with Gasteiger partial charge < -0.3 is 5.11 Å². The van der Waals surface area contributed by atoms with Crippen molar-refractivity contribution in [3.8, 4) is 0 Å². The van der Waals surface area contributed by atoms with E-state index in [1.54, 1.807) is 6.07 Å². The summed E-state index contributed by atoms with van der Waals surface area (Å²) in [6.45, 7) is 1.03. The van der Waals surface area contributed by atoms with Gasteiger partial charge in [0.2, 0.25) is 0 Å². The normalized spacial score (nSPS) is 27.1. The van der Waals surface area contributed by atoms with Gasteiger partial charge in [-0.05, 0) is 25.5 Å². The van der Waals surface area contributed by atoms with Crippen LogP contribution in [0.4, 0.5) is 4.39 Å². The first-order valence-electron chi connectivity index (χ1n) is 5.28. The fourth-order valence-electron chi connectivity index (χ4n) is 2.35. The molecule has 2 rings (SSSR count). The topological polar surface area (TPSA) is 23.5 Å². The molecule has 0 saturated carbocycles. The zero-order valence-corrected chi connectivity index (χ0v) is 8.86. The molecule has 2 atom stereocenters. The summed E-state index contributed by atoms with van der Waals surface area (Å²) < 4.78 is 13.6. The van der Waals surface area contributed by atoms with Crippen LogP contribution >= 0.6 is 0 Å². The molecular formula is C12H16FNO. The standard InChI is InChI=1S/C12H16FNO/c1-14-7-9(8-15)6-12(14)10-4-2-3-5-11(10)13/h2-5,9,12,15H,6-8H2,1H3/t9-,12+/m0/s1. The molecule has 0 radical (unpaired) electrons. The van der Waals surface area contributed by atoms with E-state index in [1.807, 2.05) is 19.2 Å². The molecule has 0 spiro atoms. The Balaban J connectivity index is 2.21. The second-order valence-electron chi connectivity index (χ2n) is 4.26. The van der Waals surface area contributed by atoms with Gasteiger partial charge in [0.15, 0.2) is 0 Å². The van der Waals surface area contributed by atoms with E-state index in [2.05, 4.69) is 4.90 Å². The molecule has 1 heterocycles. The van der Waals surface area contributed by atoms with E-state index in [0.29, 0.717) is 0 Å². The van der Waals surface area contributed by atoms with Crippen molar-refractivity contribution in [1.29, 1.82) is 0 Å².